The summed E-state index contributed by atoms with van der Waals surface area (Å²) in [4.78, 5) is 25.2. The molecule has 1 rings (SSSR count). The molecule has 1 heterocycles. The zero-order valence-corrected chi connectivity index (χ0v) is 10.9. The number of nitrogens with one attached hydrogen (secondary N) is 1. The van der Waals surface area contributed by atoms with Crippen molar-refractivity contribution in [1.82, 2.24) is 10.2 Å². The first-order chi connectivity index (χ1) is 8.06. The fourth-order valence-electron chi connectivity index (χ4n) is 2.08. The number of ether oxygens (including phenoxy) is 1. The molecule has 1 aliphatic heterocycles. The van der Waals surface area contributed by atoms with E-state index in [-0.39, 0.29) is 17.9 Å². The Kier molecular flexibility index (Phi) is 5.41. The second-order valence-electron chi connectivity index (χ2n) is 4.52. The summed E-state index contributed by atoms with van der Waals surface area (Å²) in [6.07, 6.45) is 3.35. The number of hydrogen-bond donors (Lipinski definition) is 1. The van der Waals surface area contributed by atoms with Gasteiger partial charge in [0.05, 0.1) is 13.2 Å². The summed E-state index contributed by atoms with van der Waals surface area (Å²) >= 11 is 0. The Balaban J connectivity index is 2.43. The molecule has 0 spiro atoms. The van der Waals surface area contributed by atoms with E-state index in [4.69, 9.17) is 0 Å². The minimum Gasteiger partial charge on any atom is -0.468 e. The van der Waals surface area contributed by atoms with Crippen LogP contribution in [0.2, 0.25) is 0 Å². The van der Waals surface area contributed by atoms with Crippen LogP contribution in [0.5, 0.6) is 0 Å². The third-order valence-electron chi connectivity index (χ3n) is 3.09. The van der Waals surface area contributed by atoms with Crippen molar-refractivity contribution in [3.8, 4) is 0 Å². The van der Waals surface area contributed by atoms with Crippen LogP contribution in [0.15, 0.2) is 0 Å². The normalized spacial score (nSPS) is 19.6. The summed E-state index contributed by atoms with van der Waals surface area (Å²) in [7, 11) is 1.34. The summed E-state index contributed by atoms with van der Waals surface area (Å²) in [5, 5.41) is 2.96. The first kappa shape index (κ1) is 14.0. The molecule has 1 N–H and O–H groups in total. The Morgan fingerprint density at radius 1 is 1.12 bits per heavy atom. The molecule has 17 heavy (non-hydrogen) atoms. The fourth-order valence-corrected chi connectivity index (χ4v) is 2.08. The predicted molar refractivity (Wildman–Crippen MR) is 64.5 cm³/mol. The van der Waals surface area contributed by atoms with Crippen LogP contribution in [0.3, 0.4) is 0 Å². The van der Waals surface area contributed by atoms with Gasteiger partial charge < -0.3 is 9.64 Å². The largest absolute Gasteiger partial charge is 0.468 e. The van der Waals surface area contributed by atoms with E-state index in [2.05, 4.69) is 10.1 Å². The Hall–Kier alpha value is -1.10. The van der Waals surface area contributed by atoms with Gasteiger partial charge in [0.15, 0.2) is 0 Å². The summed E-state index contributed by atoms with van der Waals surface area (Å²) in [5.74, 6) is -0.274. The molecule has 5 heteroatoms. The number of piperidine rings is 1. The molecule has 0 aromatic carbocycles. The van der Waals surface area contributed by atoms with Crippen LogP contribution in [0.1, 0.15) is 33.1 Å². The Morgan fingerprint density at radius 2 is 1.71 bits per heavy atom. The SMILES string of the molecule is COC(=O)C(C)NC(C)C(=O)N1CCCCC1. The Bertz CT molecular complexity index is 275. The average Bonchev–Trinajstić information content (AvgIpc) is 2.37. The monoisotopic (exact) mass is 242 g/mol. The van der Waals surface area contributed by atoms with Gasteiger partial charge in [-0.1, -0.05) is 0 Å². The highest BCUT2D eigenvalue weighted by molar-refractivity contribution is 5.83. The van der Waals surface area contributed by atoms with E-state index in [1.807, 2.05) is 4.90 Å². The van der Waals surface area contributed by atoms with E-state index in [0.717, 1.165) is 25.9 Å². The van der Waals surface area contributed by atoms with Gasteiger partial charge in [0, 0.05) is 13.1 Å². The van der Waals surface area contributed by atoms with Crippen LogP contribution in [-0.2, 0) is 14.3 Å². The van der Waals surface area contributed by atoms with E-state index in [9.17, 15) is 9.59 Å². The van der Waals surface area contributed by atoms with Crippen LogP contribution in [0.25, 0.3) is 0 Å². The zero-order chi connectivity index (χ0) is 12.8. The lowest BCUT2D eigenvalue weighted by molar-refractivity contribution is -0.143. The molecule has 0 aromatic heterocycles. The lowest BCUT2D eigenvalue weighted by Gasteiger charge is -2.30. The van der Waals surface area contributed by atoms with Gasteiger partial charge in [0.2, 0.25) is 5.91 Å². The van der Waals surface area contributed by atoms with E-state index in [0.29, 0.717) is 0 Å². The van der Waals surface area contributed by atoms with Gasteiger partial charge >= 0.3 is 5.97 Å². The standard InChI is InChI=1S/C12H22N2O3/c1-9(13-10(2)12(16)17-3)11(15)14-7-5-4-6-8-14/h9-10,13H,4-8H2,1-3H3. The minimum atomic E-state index is -0.455. The molecule has 0 radical (unpaired) electrons. The Labute approximate surface area is 102 Å². The maximum absolute atomic E-state index is 12.1. The van der Waals surface area contributed by atoms with Crippen LogP contribution in [0, 0.1) is 0 Å². The number of methoxy groups -OCH3 is 1. The van der Waals surface area contributed by atoms with Gasteiger partial charge in [-0.2, -0.15) is 0 Å². The van der Waals surface area contributed by atoms with Gasteiger partial charge in [-0.25, -0.2) is 0 Å². The number of esters is 1. The third-order valence-corrected chi connectivity index (χ3v) is 3.09. The molecule has 1 saturated heterocycles. The molecule has 2 unspecified atom stereocenters. The quantitative estimate of drug-likeness (QED) is 0.731. The van der Waals surface area contributed by atoms with Crippen molar-refractivity contribution in [2.75, 3.05) is 20.2 Å². The molecule has 0 bridgehead atoms. The maximum atomic E-state index is 12.1. The number of rotatable bonds is 4. The van der Waals surface area contributed by atoms with Gasteiger partial charge in [-0.15, -0.1) is 0 Å². The average molecular weight is 242 g/mol. The molecule has 0 saturated carbocycles. The highest BCUT2D eigenvalue weighted by Gasteiger charge is 2.25. The molecular formula is C12H22N2O3. The third kappa shape index (κ3) is 4.00. The van der Waals surface area contributed by atoms with Gasteiger partial charge in [-0.05, 0) is 33.1 Å². The molecule has 1 amide bonds. The topological polar surface area (TPSA) is 58.6 Å². The highest BCUT2D eigenvalue weighted by Crippen LogP contribution is 2.10. The molecule has 1 fully saturated rings. The number of carbonyl (C=O) groups is 2. The summed E-state index contributed by atoms with van der Waals surface area (Å²) in [6.45, 7) is 5.15. The maximum Gasteiger partial charge on any atom is 0.322 e. The molecule has 0 aromatic rings. The smallest absolute Gasteiger partial charge is 0.322 e. The fraction of sp³-hybridized carbons (Fsp3) is 0.833. The van der Waals surface area contributed by atoms with E-state index >= 15 is 0 Å². The lowest BCUT2D eigenvalue weighted by Crippen LogP contribution is -2.51. The second kappa shape index (κ2) is 6.59. The number of hydrogen-bond acceptors (Lipinski definition) is 4. The summed E-state index contributed by atoms with van der Waals surface area (Å²) in [6, 6.07) is -0.800. The number of carbonyl (C=O) groups excluding carboxylic acids is 2. The molecule has 1 aliphatic rings. The van der Waals surface area contributed by atoms with Gasteiger partial charge in [0.1, 0.15) is 6.04 Å². The van der Waals surface area contributed by atoms with Crippen molar-refractivity contribution in [3.05, 3.63) is 0 Å². The zero-order valence-electron chi connectivity index (χ0n) is 10.9. The van der Waals surface area contributed by atoms with Crippen LogP contribution in [0.4, 0.5) is 0 Å². The van der Waals surface area contributed by atoms with Crippen molar-refractivity contribution in [2.24, 2.45) is 0 Å². The molecular weight excluding hydrogens is 220 g/mol. The molecule has 5 nitrogen and oxygen atoms in total. The van der Waals surface area contributed by atoms with E-state index in [1.54, 1.807) is 13.8 Å². The van der Waals surface area contributed by atoms with Gasteiger partial charge in [-0.3, -0.25) is 14.9 Å². The van der Waals surface area contributed by atoms with E-state index < -0.39 is 6.04 Å². The molecule has 98 valence electrons. The first-order valence-corrected chi connectivity index (χ1v) is 6.19. The predicted octanol–water partition coefficient (Wildman–Crippen LogP) is 0.538. The molecule has 2 atom stereocenters. The van der Waals surface area contributed by atoms with Crippen molar-refractivity contribution in [2.45, 2.75) is 45.2 Å². The van der Waals surface area contributed by atoms with Crippen molar-refractivity contribution in [3.63, 3.8) is 0 Å². The minimum absolute atomic E-state index is 0.0699. The van der Waals surface area contributed by atoms with E-state index in [1.165, 1.54) is 13.5 Å². The van der Waals surface area contributed by atoms with Crippen molar-refractivity contribution in [1.29, 1.82) is 0 Å². The Morgan fingerprint density at radius 3 is 2.24 bits per heavy atom. The van der Waals surface area contributed by atoms with Crippen LogP contribution in [-0.4, -0.2) is 49.1 Å². The van der Waals surface area contributed by atoms with Crippen LogP contribution < -0.4 is 5.32 Å². The summed E-state index contributed by atoms with van der Waals surface area (Å²) in [5.41, 5.74) is 0. The van der Waals surface area contributed by atoms with Crippen molar-refractivity contribution >= 4 is 11.9 Å². The number of nitrogens with zero attached hydrogens (tertiary/aromatic N) is 1. The lowest BCUT2D eigenvalue weighted by atomic mass is 10.1. The van der Waals surface area contributed by atoms with Crippen molar-refractivity contribution < 1.29 is 14.3 Å². The number of likely N-dealkylation sites (tertiary alicyclic amines) is 1. The highest BCUT2D eigenvalue weighted by atomic mass is 16.5. The number of amides is 1. The summed E-state index contributed by atoms with van der Waals surface area (Å²) < 4.78 is 4.61. The van der Waals surface area contributed by atoms with Crippen LogP contribution >= 0.6 is 0 Å². The molecule has 0 aliphatic carbocycles. The van der Waals surface area contributed by atoms with Gasteiger partial charge in [0.25, 0.3) is 0 Å². The first-order valence-electron chi connectivity index (χ1n) is 6.19. The second-order valence-corrected chi connectivity index (χ2v) is 4.52.